The van der Waals surface area contributed by atoms with Crippen LogP contribution in [0.3, 0.4) is 0 Å². The predicted molar refractivity (Wildman–Crippen MR) is 177 cm³/mol. The zero-order valence-corrected chi connectivity index (χ0v) is 28.9. The Morgan fingerprint density at radius 2 is 1.41 bits per heavy atom. The van der Waals surface area contributed by atoms with Gasteiger partial charge in [-0.05, 0) is 152 Å². The number of benzene rings is 1. The fraction of sp³-hybridized carbons (Fsp3) is 0.800. The zero-order valence-electron chi connectivity index (χ0n) is 28.9. The van der Waals surface area contributed by atoms with Gasteiger partial charge in [-0.3, -0.25) is 9.59 Å². The first kappa shape index (κ1) is 32.1. The molecule has 0 aliphatic heterocycles. The van der Waals surface area contributed by atoms with Crippen molar-refractivity contribution in [1.29, 1.82) is 0 Å². The van der Waals surface area contributed by atoms with E-state index in [9.17, 15) is 19.8 Å². The van der Waals surface area contributed by atoms with Crippen molar-refractivity contribution in [2.24, 2.45) is 57.7 Å². The van der Waals surface area contributed by atoms with Gasteiger partial charge in [-0.25, -0.2) is 0 Å². The Balaban J connectivity index is 1.54. The highest BCUT2D eigenvalue weighted by Crippen LogP contribution is 2.70. The third-order valence-corrected chi connectivity index (χ3v) is 15.4. The van der Waals surface area contributed by atoms with Gasteiger partial charge in [0.15, 0.2) is 0 Å². The van der Waals surface area contributed by atoms with Gasteiger partial charge in [0.25, 0.3) is 0 Å². The van der Waals surface area contributed by atoms with Crippen molar-refractivity contribution in [3.05, 3.63) is 34.9 Å². The number of hydrogen-bond donors (Lipinski definition) is 2. The molecule has 244 valence electrons. The molecule has 1 aromatic carbocycles. The molecule has 0 heterocycles. The summed E-state index contributed by atoms with van der Waals surface area (Å²) in [6.45, 7) is 18.3. The highest BCUT2D eigenvalue weighted by molar-refractivity contribution is 5.76. The van der Waals surface area contributed by atoms with E-state index in [-0.39, 0.29) is 28.6 Å². The number of carbonyl (C=O) groups is 2. The van der Waals surface area contributed by atoms with Gasteiger partial charge in [0, 0.05) is 0 Å². The van der Waals surface area contributed by atoms with Crippen molar-refractivity contribution >= 4 is 11.9 Å². The maximum Gasteiger partial charge on any atom is 0.309 e. The number of aliphatic carboxylic acids is 2. The lowest BCUT2D eigenvalue weighted by atomic mass is 9.39. The molecule has 5 aliphatic rings. The van der Waals surface area contributed by atoms with Gasteiger partial charge in [-0.1, -0.05) is 72.6 Å². The Hall–Kier alpha value is -1.84. The van der Waals surface area contributed by atoms with Crippen molar-refractivity contribution in [1.82, 2.24) is 0 Å². The second-order valence-electron chi connectivity index (χ2n) is 18.0. The largest absolute Gasteiger partial charge is 0.481 e. The van der Waals surface area contributed by atoms with Crippen LogP contribution in [0.2, 0.25) is 0 Å². The van der Waals surface area contributed by atoms with Crippen LogP contribution in [-0.4, -0.2) is 22.2 Å². The first-order chi connectivity index (χ1) is 20.6. The van der Waals surface area contributed by atoms with Crippen LogP contribution in [-0.2, 0) is 15.0 Å². The quantitative estimate of drug-likeness (QED) is 0.351. The molecule has 0 amide bonds. The lowest BCUT2D eigenvalue weighted by molar-refractivity contribution is -0.183. The van der Waals surface area contributed by atoms with Gasteiger partial charge in [-0.15, -0.1) is 0 Å². The van der Waals surface area contributed by atoms with E-state index >= 15 is 0 Å². The van der Waals surface area contributed by atoms with E-state index in [0.717, 1.165) is 51.4 Å². The summed E-state index contributed by atoms with van der Waals surface area (Å²) >= 11 is 0. The topological polar surface area (TPSA) is 74.6 Å². The number of fused-ring (bicyclic) bond motifs is 6. The monoisotopic (exact) mass is 604 g/mol. The highest BCUT2D eigenvalue weighted by Gasteiger charge is 2.64. The lowest BCUT2D eigenvalue weighted by Crippen LogP contribution is -2.60. The van der Waals surface area contributed by atoms with E-state index in [0.29, 0.717) is 35.5 Å². The van der Waals surface area contributed by atoms with E-state index in [1.165, 1.54) is 36.0 Å². The molecule has 4 saturated carbocycles. The predicted octanol–water partition coefficient (Wildman–Crippen LogP) is 10.1. The molecule has 4 heteroatoms. The first-order valence-electron chi connectivity index (χ1n) is 18.2. The fourth-order valence-corrected chi connectivity index (χ4v) is 12.7. The number of carboxylic acids is 2. The summed E-state index contributed by atoms with van der Waals surface area (Å²) in [5, 5.41) is 21.5. The molecular formula is C40H60O4. The van der Waals surface area contributed by atoms with Crippen LogP contribution in [0, 0.1) is 57.7 Å². The van der Waals surface area contributed by atoms with E-state index in [2.05, 4.69) is 66.7 Å². The lowest BCUT2D eigenvalue weighted by Gasteiger charge is -2.65. The minimum absolute atomic E-state index is 0.0563. The van der Waals surface area contributed by atoms with Gasteiger partial charge in [0.05, 0.1) is 10.8 Å². The minimum atomic E-state index is -0.740. The summed E-state index contributed by atoms with van der Waals surface area (Å²) in [7, 11) is 0. The van der Waals surface area contributed by atoms with Gasteiger partial charge < -0.3 is 10.2 Å². The van der Waals surface area contributed by atoms with Crippen molar-refractivity contribution in [2.75, 3.05) is 0 Å². The molecule has 6 rings (SSSR count). The minimum Gasteiger partial charge on any atom is -0.481 e. The van der Waals surface area contributed by atoms with Gasteiger partial charge in [0.1, 0.15) is 0 Å². The average molecular weight is 605 g/mol. The van der Waals surface area contributed by atoms with E-state index < -0.39 is 22.8 Å². The summed E-state index contributed by atoms with van der Waals surface area (Å²) in [6.07, 6.45) is 11.3. The molecule has 11 atom stereocenters. The van der Waals surface area contributed by atoms with Crippen molar-refractivity contribution in [3.63, 3.8) is 0 Å². The maximum atomic E-state index is 13.1. The molecule has 0 bridgehead atoms. The maximum absolute atomic E-state index is 13.1. The van der Waals surface area contributed by atoms with Crippen molar-refractivity contribution in [3.8, 4) is 0 Å². The van der Waals surface area contributed by atoms with Crippen LogP contribution in [0.25, 0.3) is 0 Å². The molecule has 0 aromatic heterocycles. The molecule has 44 heavy (non-hydrogen) atoms. The Bertz CT molecular complexity index is 1300. The van der Waals surface area contributed by atoms with E-state index in [1.54, 1.807) is 0 Å². The van der Waals surface area contributed by atoms with Crippen LogP contribution in [0.4, 0.5) is 0 Å². The summed E-state index contributed by atoms with van der Waals surface area (Å²) in [5.41, 5.74) is 2.73. The Morgan fingerprint density at radius 3 is 2.02 bits per heavy atom. The smallest absolute Gasteiger partial charge is 0.309 e. The Labute approximate surface area is 267 Å². The average Bonchev–Trinajstić information content (AvgIpc) is 2.96. The molecule has 1 aromatic rings. The SMILES string of the molecule is CC(C)c1ccc2c(c1)C(C1CC3C(C)(C(=O)O)CCCC3(C)C3CCC(C(C)C)CC13)CC1C(C)(C(=O)O)CCCC21C. The third-order valence-electron chi connectivity index (χ3n) is 15.4. The number of rotatable bonds is 5. The van der Waals surface area contributed by atoms with Crippen molar-refractivity contribution < 1.29 is 19.8 Å². The number of hydrogen-bond acceptors (Lipinski definition) is 2. The molecule has 4 fully saturated rings. The molecule has 5 aliphatic carbocycles. The second kappa shape index (κ2) is 10.9. The highest BCUT2D eigenvalue weighted by atomic mass is 16.4. The van der Waals surface area contributed by atoms with E-state index in [1.807, 2.05) is 6.92 Å². The van der Waals surface area contributed by atoms with Crippen LogP contribution < -0.4 is 0 Å². The van der Waals surface area contributed by atoms with Crippen molar-refractivity contribution in [2.45, 2.75) is 143 Å². The molecule has 2 N–H and O–H groups in total. The summed E-state index contributed by atoms with van der Waals surface area (Å²) in [5.74, 6) is 2.58. The van der Waals surface area contributed by atoms with E-state index in [4.69, 9.17) is 0 Å². The van der Waals surface area contributed by atoms with Crippen LogP contribution in [0.5, 0.6) is 0 Å². The van der Waals surface area contributed by atoms with Gasteiger partial charge >= 0.3 is 11.9 Å². The van der Waals surface area contributed by atoms with Crippen LogP contribution in [0.1, 0.15) is 155 Å². The summed E-state index contributed by atoms with van der Waals surface area (Å²) < 4.78 is 0. The Kier molecular flexibility index (Phi) is 7.93. The number of carboxylic acid groups (broad SMARTS) is 2. The standard InChI is InChI=1S/C40H60O4/c1-23(2)25-11-13-31-29(19-25)27(21-33-37(31,5)15-9-17-39(33,7)35(41)42)28-22-34-38(6,16-10-18-40(34,8)36(43)44)32-14-12-26(24(3)4)20-30(28)32/h11,13,19,23-24,26-28,30,32-34H,9-10,12,14-18,20-22H2,1-8H3,(H,41,42)(H,43,44). The second-order valence-corrected chi connectivity index (χ2v) is 18.0. The molecule has 0 saturated heterocycles. The summed E-state index contributed by atoms with van der Waals surface area (Å²) in [6, 6.07) is 7.23. The van der Waals surface area contributed by atoms with Gasteiger partial charge in [-0.2, -0.15) is 0 Å². The third kappa shape index (κ3) is 4.56. The molecule has 0 radical (unpaired) electrons. The zero-order chi connectivity index (χ0) is 32.0. The fourth-order valence-electron chi connectivity index (χ4n) is 12.7. The van der Waals surface area contributed by atoms with Crippen LogP contribution >= 0.6 is 0 Å². The van der Waals surface area contributed by atoms with Crippen LogP contribution in [0.15, 0.2) is 18.2 Å². The molecular weight excluding hydrogens is 544 g/mol. The van der Waals surface area contributed by atoms with Gasteiger partial charge in [0.2, 0.25) is 0 Å². The molecule has 0 spiro atoms. The normalized spacial score (nSPS) is 45.2. The Morgan fingerprint density at radius 1 is 0.773 bits per heavy atom. The first-order valence-corrected chi connectivity index (χ1v) is 18.2. The molecule has 4 nitrogen and oxygen atoms in total. The summed E-state index contributed by atoms with van der Waals surface area (Å²) in [4.78, 5) is 26.2. The molecule has 11 unspecified atom stereocenters.